The molecule has 2 atom stereocenters. The van der Waals surface area contributed by atoms with E-state index in [1.807, 2.05) is 49.5 Å². The van der Waals surface area contributed by atoms with Crippen molar-refractivity contribution >= 4 is 42.4 Å². The fourth-order valence-electron chi connectivity index (χ4n) is 3.67. The van der Waals surface area contributed by atoms with Crippen molar-refractivity contribution in [2.24, 2.45) is 5.92 Å². The Kier molecular flexibility index (Phi) is 5.65. The van der Waals surface area contributed by atoms with Gasteiger partial charge in [0.1, 0.15) is 0 Å². The van der Waals surface area contributed by atoms with Crippen LogP contribution in [-0.4, -0.2) is 22.9 Å². The van der Waals surface area contributed by atoms with Crippen LogP contribution in [0.3, 0.4) is 0 Å². The number of thioether (sulfide) groups is 1. The highest BCUT2D eigenvalue weighted by Crippen LogP contribution is 2.52. The second-order valence-corrected chi connectivity index (χ2v) is 9.40. The summed E-state index contributed by atoms with van der Waals surface area (Å²) in [5.74, 6) is -0.110. The molecule has 0 saturated heterocycles. The normalized spacial score (nSPS) is 22.1. The number of benzene rings is 2. The molecule has 0 saturated carbocycles. The van der Waals surface area contributed by atoms with E-state index in [0.717, 1.165) is 21.7 Å². The van der Waals surface area contributed by atoms with Gasteiger partial charge in [-0.15, -0.1) is 0 Å². The second kappa shape index (κ2) is 8.05. The van der Waals surface area contributed by atoms with E-state index in [0.29, 0.717) is 5.02 Å². The third-order valence-electron chi connectivity index (χ3n) is 4.91. The zero-order valence-electron chi connectivity index (χ0n) is 15.5. The number of nitrogens with zero attached hydrogens (tertiary/aromatic N) is 1. The van der Waals surface area contributed by atoms with E-state index in [9.17, 15) is 14.4 Å². The summed E-state index contributed by atoms with van der Waals surface area (Å²) < 4.78 is 17.1. The first-order valence-electron chi connectivity index (χ1n) is 8.93. The van der Waals surface area contributed by atoms with E-state index in [1.165, 1.54) is 11.8 Å². The van der Waals surface area contributed by atoms with E-state index >= 15 is 0 Å². The molecule has 2 aromatic carbocycles. The summed E-state index contributed by atoms with van der Waals surface area (Å²) in [6, 6.07) is 14.9. The zero-order valence-corrected chi connectivity index (χ0v) is 17.9. The van der Waals surface area contributed by atoms with Gasteiger partial charge in [0, 0.05) is 39.7 Å². The number of halogens is 1. The molecule has 2 aromatic rings. The Morgan fingerprint density at radius 3 is 2.52 bits per heavy atom. The lowest BCUT2D eigenvalue weighted by molar-refractivity contribution is 0.254. The molecule has 0 aromatic heterocycles. The van der Waals surface area contributed by atoms with Gasteiger partial charge in [0.2, 0.25) is 0 Å². The average Bonchev–Trinajstić information content (AvgIpc) is 2.69. The monoisotopic (exact) mass is 447 g/mol. The quantitative estimate of drug-likeness (QED) is 0.368. The standard InChI is InChI=1S/C21H19ClNO4PS/c1-23-18-8-4-2-6-16(18)20(17-7-3-5-9-19(17)23)21(27-28(24,25)26)29-15-12-10-14(22)11-13-15/h2-13,16,18H,1H3,(H2,24,25,26)/b21-20-. The number of para-hydroxylation sites is 1. The van der Waals surface area contributed by atoms with Crippen LogP contribution in [0.5, 0.6) is 0 Å². The van der Waals surface area contributed by atoms with Crippen LogP contribution >= 0.6 is 31.2 Å². The lowest BCUT2D eigenvalue weighted by Gasteiger charge is -2.42. The molecule has 0 amide bonds. The smallest absolute Gasteiger partial charge is 0.397 e. The van der Waals surface area contributed by atoms with Gasteiger partial charge < -0.3 is 9.42 Å². The van der Waals surface area contributed by atoms with Gasteiger partial charge >= 0.3 is 7.82 Å². The third kappa shape index (κ3) is 4.32. The number of likely N-dealkylation sites (N-methyl/N-ethyl adjacent to an activating group) is 1. The summed E-state index contributed by atoms with van der Waals surface area (Å²) in [7, 11) is -2.75. The van der Waals surface area contributed by atoms with Gasteiger partial charge in [-0.25, -0.2) is 4.57 Å². The molecule has 1 aliphatic carbocycles. The molecule has 0 bridgehead atoms. The van der Waals surface area contributed by atoms with Gasteiger partial charge in [-0.1, -0.05) is 65.9 Å². The maximum Gasteiger partial charge on any atom is 0.525 e. The van der Waals surface area contributed by atoms with Crippen LogP contribution < -0.4 is 4.90 Å². The van der Waals surface area contributed by atoms with Crippen LogP contribution in [-0.2, 0) is 9.09 Å². The third-order valence-corrected chi connectivity index (χ3v) is 6.70. The molecule has 29 heavy (non-hydrogen) atoms. The number of rotatable bonds is 4. The Bertz CT molecular complexity index is 1060. The summed E-state index contributed by atoms with van der Waals surface area (Å²) in [6.07, 6.45) is 8.06. The summed E-state index contributed by atoms with van der Waals surface area (Å²) in [6.45, 7) is 0. The lowest BCUT2D eigenvalue weighted by atomic mass is 9.79. The molecule has 1 heterocycles. The van der Waals surface area contributed by atoms with Gasteiger partial charge in [0.25, 0.3) is 0 Å². The molecule has 8 heteroatoms. The van der Waals surface area contributed by atoms with Crippen molar-refractivity contribution in [2.45, 2.75) is 10.9 Å². The molecule has 2 aliphatic rings. The topological polar surface area (TPSA) is 70.0 Å². The van der Waals surface area contributed by atoms with Gasteiger partial charge in [0.05, 0.1) is 6.04 Å². The molecule has 150 valence electrons. The highest BCUT2D eigenvalue weighted by Gasteiger charge is 2.37. The first kappa shape index (κ1) is 20.3. The fraction of sp³-hybridized carbons (Fsp3) is 0.143. The summed E-state index contributed by atoms with van der Waals surface area (Å²) >= 11 is 7.16. The summed E-state index contributed by atoms with van der Waals surface area (Å²) in [5, 5.41) is 0.778. The Morgan fingerprint density at radius 1 is 1.10 bits per heavy atom. The van der Waals surface area contributed by atoms with Crippen molar-refractivity contribution in [1.82, 2.24) is 0 Å². The predicted molar refractivity (Wildman–Crippen MR) is 118 cm³/mol. The molecular formula is C21H19ClNO4PS. The van der Waals surface area contributed by atoms with Crippen molar-refractivity contribution in [3.63, 3.8) is 0 Å². The molecule has 0 fully saturated rings. The van der Waals surface area contributed by atoms with E-state index in [-0.39, 0.29) is 17.1 Å². The Morgan fingerprint density at radius 2 is 1.79 bits per heavy atom. The number of fused-ring (bicyclic) bond motifs is 2. The maximum absolute atomic E-state index is 11.8. The SMILES string of the molecule is CN1c2ccccc2/C(=C(/OP(=O)(O)O)Sc2ccc(Cl)cc2)C2C=CC=CC21. The lowest BCUT2D eigenvalue weighted by Crippen LogP contribution is -2.41. The molecular weight excluding hydrogens is 429 g/mol. The maximum atomic E-state index is 11.8. The summed E-state index contributed by atoms with van der Waals surface area (Å²) in [5.41, 5.74) is 2.63. The van der Waals surface area contributed by atoms with E-state index in [1.54, 1.807) is 24.3 Å². The molecule has 2 unspecified atom stereocenters. The second-order valence-electron chi connectivity index (χ2n) is 6.75. The highest BCUT2D eigenvalue weighted by atomic mass is 35.5. The number of allylic oxidation sites excluding steroid dienone is 2. The largest absolute Gasteiger partial charge is 0.525 e. The Hall–Kier alpha value is -1.95. The molecule has 0 spiro atoms. The van der Waals surface area contributed by atoms with Gasteiger partial charge in [0.15, 0.2) is 5.09 Å². The first-order valence-corrected chi connectivity index (χ1v) is 11.7. The minimum atomic E-state index is -4.77. The van der Waals surface area contributed by atoms with E-state index < -0.39 is 7.82 Å². The van der Waals surface area contributed by atoms with E-state index in [4.69, 9.17) is 16.1 Å². The number of phosphoric ester groups is 1. The number of hydrogen-bond acceptors (Lipinski definition) is 4. The van der Waals surface area contributed by atoms with Gasteiger partial charge in [-0.3, -0.25) is 9.79 Å². The zero-order chi connectivity index (χ0) is 20.6. The number of hydrogen-bond donors (Lipinski definition) is 2. The minimum absolute atomic E-state index is 0.0195. The fourth-order valence-corrected chi connectivity index (χ4v) is 5.39. The van der Waals surface area contributed by atoms with E-state index in [2.05, 4.69) is 11.0 Å². The molecule has 1 aliphatic heterocycles. The Labute approximate surface area is 178 Å². The van der Waals surface area contributed by atoms with Crippen LogP contribution in [0.4, 0.5) is 5.69 Å². The van der Waals surface area contributed by atoms with Gasteiger partial charge in [-0.2, -0.15) is 0 Å². The van der Waals surface area contributed by atoms with Crippen molar-refractivity contribution in [3.8, 4) is 0 Å². The highest BCUT2D eigenvalue weighted by molar-refractivity contribution is 8.03. The minimum Gasteiger partial charge on any atom is -0.397 e. The van der Waals surface area contributed by atoms with Gasteiger partial charge in [-0.05, 0) is 30.3 Å². The van der Waals surface area contributed by atoms with Crippen LogP contribution in [0.25, 0.3) is 5.57 Å². The van der Waals surface area contributed by atoms with Crippen LogP contribution in [0.1, 0.15) is 5.56 Å². The first-order chi connectivity index (χ1) is 13.8. The van der Waals surface area contributed by atoms with Crippen molar-refractivity contribution < 1.29 is 18.9 Å². The molecule has 0 radical (unpaired) electrons. The van der Waals surface area contributed by atoms with Crippen molar-refractivity contribution in [2.75, 3.05) is 11.9 Å². The van der Waals surface area contributed by atoms with Crippen LogP contribution in [0.15, 0.2) is 82.8 Å². The molecule has 5 nitrogen and oxygen atoms in total. The van der Waals surface area contributed by atoms with Crippen LogP contribution in [0.2, 0.25) is 5.02 Å². The Balaban J connectivity index is 1.92. The van der Waals surface area contributed by atoms with Crippen molar-refractivity contribution in [3.05, 3.63) is 88.5 Å². The molecule has 4 rings (SSSR count). The summed E-state index contributed by atoms with van der Waals surface area (Å²) in [4.78, 5) is 22.2. The number of phosphoric acid groups is 1. The van der Waals surface area contributed by atoms with Crippen molar-refractivity contribution in [1.29, 1.82) is 0 Å². The number of anilines is 1. The molecule has 2 N–H and O–H groups in total. The van der Waals surface area contributed by atoms with Crippen LogP contribution in [0, 0.1) is 5.92 Å². The predicted octanol–water partition coefficient (Wildman–Crippen LogP) is 5.47. The average molecular weight is 448 g/mol.